The van der Waals surface area contributed by atoms with Gasteiger partial charge in [0.25, 0.3) is 0 Å². The highest BCUT2D eigenvalue weighted by atomic mass is 15.3. The van der Waals surface area contributed by atoms with Gasteiger partial charge >= 0.3 is 0 Å². The molecule has 1 aliphatic heterocycles. The maximum atomic E-state index is 3.58. The van der Waals surface area contributed by atoms with Crippen LogP contribution in [0.2, 0.25) is 0 Å². The zero-order chi connectivity index (χ0) is 8.77. The molecule has 1 heterocycles. The van der Waals surface area contributed by atoms with Crippen LogP contribution >= 0.6 is 0 Å². The summed E-state index contributed by atoms with van der Waals surface area (Å²) < 4.78 is 0. The van der Waals surface area contributed by atoms with Crippen molar-refractivity contribution < 1.29 is 0 Å². The van der Waals surface area contributed by atoms with Gasteiger partial charge in [0, 0.05) is 30.7 Å². The van der Waals surface area contributed by atoms with Crippen LogP contribution in [0.1, 0.15) is 33.6 Å². The van der Waals surface area contributed by atoms with E-state index in [1.165, 1.54) is 19.4 Å². The first-order chi connectivity index (χ1) is 5.58. The van der Waals surface area contributed by atoms with E-state index in [-0.39, 0.29) is 0 Å². The fraction of sp³-hybridized carbons (Fsp3) is 1.00. The van der Waals surface area contributed by atoms with Gasteiger partial charge in [-0.15, -0.1) is 0 Å². The first-order valence-electron chi connectivity index (χ1n) is 5.09. The van der Waals surface area contributed by atoms with Crippen LogP contribution in [0.3, 0.4) is 0 Å². The van der Waals surface area contributed by atoms with Gasteiger partial charge in [0.1, 0.15) is 0 Å². The lowest BCUT2D eigenvalue weighted by Gasteiger charge is -2.43. The van der Waals surface area contributed by atoms with E-state index in [1.54, 1.807) is 0 Å². The average Bonchev–Trinajstić information content (AvgIpc) is 2.76. The number of nitrogens with zero attached hydrogens (tertiary/aromatic N) is 1. The van der Waals surface area contributed by atoms with Crippen LogP contribution in [-0.2, 0) is 0 Å². The predicted molar refractivity (Wildman–Crippen MR) is 51.3 cm³/mol. The topological polar surface area (TPSA) is 15.3 Å². The Morgan fingerprint density at radius 3 is 2.58 bits per heavy atom. The van der Waals surface area contributed by atoms with Gasteiger partial charge in [0.2, 0.25) is 0 Å². The first-order valence-corrected chi connectivity index (χ1v) is 5.09. The summed E-state index contributed by atoms with van der Waals surface area (Å²) >= 11 is 0. The second-order valence-corrected chi connectivity index (χ2v) is 5.02. The van der Waals surface area contributed by atoms with Gasteiger partial charge in [-0.2, -0.15) is 0 Å². The Hall–Kier alpha value is -0.0800. The molecule has 0 aromatic carbocycles. The van der Waals surface area contributed by atoms with E-state index in [4.69, 9.17) is 0 Å². The molecular weight excluding hydrogens is 148 g/mol. The van der Waals surface area contributed by atoms with Crippen molar-refractivity contribution >= 4 is 0 Å². The van der Waals surface area contributed by atoms with Gasteiger partial charge in [-0.1, -0.05) is 0 Å². The fourth-order valence-electron chi connectivity index (χ4n) is 2.10. The van der Waals surface area contributed by atoms with Crippen molar-refractivity contribution in [3.63, 3.8) is 0 Å². The SMILES string of the molecule is CC1CNC(C)(C)CN1C1CC1. The van der Waals surface area contributed by atoms with E-state index in [0.717, 1.165) is 18.6 Å². The van der Waals surface area contributed by atoms with E-state index >= 15 is 0 Å². The summed E-state index contributed by atoms with van der Waals surface area (Å²) in [5.41, 5.74) is 0.328. The molecular formula is C10H20N2. The average molecular weight is 168 g/mol. The summed E-state index contributed by atoms with van der Waals surface area (Å²) in [6.45, 7) is 9.31. The zero-order valence-electron chi connectivity index (χ0n) is 8.43. The number of rotatable bonds is 1. The number of hydrogen-bond acceptors (Lipinski definition) is 2. The molecule has 2 heteroatoms. The minimum absolute atomic E-state index is 0.328. The third-order valence-electron chi connectivity index (χ3n) is 3.04. The minimum atomic E-state index is 0.328. The molecule has 2 aliphatic rings. The van der Waals surface area contributed by atoms with E-state index in [0.29, 0.717) is 5.54 Å². The largest absolute Gasteiger partial charge is 0.309 e. The van der Waals surface area contributed by atoms with Crippen LogP contribution in [0.15, 0.2) is 0 Å². The van der Waals surface area contributed by atoms with Gasteiger partial charge in [-0.3, -0.25) is 4.90 Å². The summed E-state index contributed by atoms with van der Waals surface area (Å²) in [7, 11) is 0. The fourth-order valence-corrected chi connectivity index (χ4v) is 2.10. The molecule has 2 nitrogen and oxygen atoms in total. The maximum Gasteiger partial charge on any atom is 0.0253 e. The molecule has 1 saturated heterocycles. The molecule has 12 heavy (non-hydrogen) atoms. The summed E-state index contributed by atoms with van der Waals surface area (Å²) in [4.78, 5) is 2.68. The molecule has 1 saturated carbocycles. The second kappa shape index (κ2) is 2.71. The van der Waals surface area contributed by atoms with Crippen LogP contribution in [0.5, 0.6) is 0 Å². The smallest absolute Gasteiger partial charge is 0.0253 e. The van der Waals surface area contributed by atoms with Crippen molar-refractivity contribution in [1.82, 2.24) is 10.2 Å². The highest BCUT2D eigenvalue weighted by molar-refractivity contribution is 4.97. The summed E-state index contributed by atoms with van der Waals surface area (Å²) in [6, 6.07) is 1.66. The van der Waals surface area contributed by atoms with Crippen molar-refractivity contribution in [1.29, 1.82) is 0 Å². The van der Waals surface area contributed by atoms with Crippen molar-refractivity contribution in [2.75, 3.05) is 13.1 Å². The third-order valence-corrected chi connectivity index (χ3v) is 3.04. The molecule has 1 unspecified atom stereocenters. The zero-order valence-corrected chi connectivity index (χ0v) is 8.43. The van der Waals surface area contributed by atoms with Crippen LogP contribution in [-0.4, -0.2) is 35.6 Å². The van der Waals surface area contributed by atoms with Crippen LogP contribution in [0, 0.1) is 0 Å². The molecule has 0 aromatic heterocycles. The van der Waals surface area contributed by atoms with Gasteiger partial charge in [0.05, 0.1) is 0 Å². The Morgan fingerprint density at radius 2 is 2.00 bits per heavy atom. The Morgan fingerprint density at radius 1 is 1.33 bits per heavy atom. The maximum absolute atomic E-state index is 3.58. The molecule has 2 rings (SSSR count). The standard InChI is InChI=1S/C10H20N2/c1-8-6-11-10(2,3)7-12(8)9-4-5-9/h8-9,11H,4-7H2,1-3H3. The number of piperazine rings is 1. The van der Waals surface area contributed by atoms with Gasteiger partial charge in [-0.05, 0) is 33.6 Å². The van der Waals surface area contributed by atoms with Gasteiger partial charge in [-0.25, -0.2) is 0 Å². The predicted octanol–water partition coefficient (Wildman–Crippen LogP) is 1.22. The second-order valence-electron chi connectivity index (χ2n) is 5.02. The highest BCUT2D eigenvalue weighted by Crippen LogP contribution is 2.31. The van der Waals surface area contributed by atoms with Crippen LogP contribution < -0.4 is 5.32 Å². The molecule has 0 bridgehead atoms. The van der Waals surface area contributed by atoms with E-state index in [1.807, 2.05) is 0 Å². The van der Waals surface area contributed by atoms with E-state index in [2.05, 4.69) is 31.0 Å². The summed E-state index contributed by atoms with van der Waals surface area (Å²) in [6.07, 6.45) is 2.86. The van der Waals surface area contributed by atoms with Crippen molar-refractivity contribution in [3.05, 3.63) is 0 Å². The Labute approximate surface area is 75.3 Å². The number of nitrogens with one attached hydrogen (secondary N) is 1. The normalized spacial score (nSPS) is 36.8. The lowest BCUT2D eigenvalue weighted by Crippen LogP contribution is -2.61. The lowest BCUT2D eigenvalue weighted by atomic mass is 9.99. The highest BCUT2D eigenvalue weighted by Gasteiger charge is 2.38. The molecule has 0 aromatic rings. The van der Waals surface area contributed by atoms with Gasteiger partial charge < -0.3 is 5.32 Å². The van der Waals surface area contributed by atoms with Crippen molar-refractivity contribution in [2.45, 2.75) is 51.2 Å². The van der Waals surface area contributed by atoms with E-state index in [9.17, 15) is 0 Å². The molecule has 0 amide bonds. The van der Waals surface area contributed by atoms with Crippen LogP contribution in [0.25, 0.3) is 0 Å². The number of hydrogen-bond donors (Lipinski definition) is 1. The van der Waals surface area contributed by atoms with Gasteiger partial charge in [0.15, 0.2) is 0 Å². The third kappa shape index (κ3) is 1.64. The molecule has 0 spiro atoms. The lowest BCUT2D eigenvalue weighted by molar-refractivity contribution is 0.0972. The van der Waals surface area contributed by atoms with E-state index < -0.39 is 0 Å². The first kappa shape index (κ1) is 8.52. The quantitative estimate of drug-likeness (QED) is 0.633. The molecule has 70 valence electrons. The van der Waals surface area contributed by atoms with Crippen molar-refractivity contribution in [3.8, 4) is 0 Å². The monoisotopic (exact) mass is 168 g/mol. The van der Waals surface area contributed by atoms with Crippen molar-refractivity contribution in [2.24, 2.45) is 0 Å². The molecule has 0 radical (unpaired) electrons. The molecule has 2 fully saturated rings. The Balaban J connectivity index is 1.99. The minimum Gasteiger partial charge on any atom is -0.309 e. The summed E-state index contributed by atoms with van der Waals surface area (Å²) in [5.74, 6) is 0. The summed E-state index contributed by atoms with van der Waals surface area (Å²) in [5, 5.41) is 3.58. The molecule has 1 N–H and O–H groups in total. The van der Waals surface area contributed by atoms with Crippen LogP contribution in [0.4, 0.5) is 0 Å². The molecule has 1 aliphatic carbocycles. The molecule has 1 atom stereocenters. The Bertz CT molecular complexity index is 173. The Kier molecular flexibility index (Phi) is 1.92.